The fourth-order valence-corrected chi connectivity index (χ4v) is 1.98. The molecule has 0 atom stereocenters. The van der Waals surface area contributed by atoms with Crippen LogP contribution >= 0.6 is 12.2 Å². The highest BCUT2D eigenvalue weighted by molar-refractivity contribution is 7.71. The molecule has 0 radical (unpaired) electrons. The van der Waals surface area contributed by atoms with Gasteiger partial charge in [0.2, 0.25) is 0 Å². The van der Waals surface area contributed by atoms with Crippen molar-refractivity contribution in [2.24, 2.45) is 7.05 Å². The lowest BCUT2D eigenvalue weighted by atomic mass is 10.3. The SMILES string of the molecule is CCCCn1c(=O)n(C)c(=O)c2[nH]c(=S)[nH]c21. The summed E-state index contributed by atoms with van der Waals surface area (Å²) in [6.45, 7) is 2.62. The maximum atomic E-state index is 12.0. The van der Waals surface area contributed by atoms with Gasteiger partial charge < -0.3 is 9.97 Å². The molecule has 0 aliphatic heterocycles. The zero-order valence-corrected chi connectivity index (χ0v) is 10.6. The molecular weight excluding hydrogens is 240 g/mol. The van der Waals surface area contributed by atoms with Gasteiger partial charge in [-0.05, 0) is 18.6 Å². The molecule has 6 nitrogen and oxygen atoms in total. The molecule has 2 rings (SSSR count). The third kappa shape index (κ3) is 1.86. The lowest BCUT2D eigenvalue weighted by Gasteiger charge is -2.07. The van der Waals surface area contributed by atoms with Gasteiger partial charge in [-0.3, -0.25) is 13.9 Å². The summed E-state index contributed by atoms with van der Waals surface area (Å²) in [5.41, 5.74) is 0.163. The van der Waals surface area contributed by atoms with E-state index < -0.39 is 0 Å². The quantitative estimate of drug-likeness (QED) is 0.799. The Morgan fingerprint density at radius 1 is 1.29 bits per heavy atom. The van der Waals surface area contributed by atoms with E-state index in [4.69, 9.17) is 12.2 Å². The molecule has 0 saturated carbocycles. The number of nitrogens with zero attached hydrogens (tertiary/aromatic N) is 2. The number of unbranched alkanes of at least 4 members (excludes halogenated alkanes) is 1. The van der Waals surface area contributed by atoms with E-state index in [9.17, 15) is 9.59 Å². The molecule has 0 aliphatic carbocycles. The predicted molar refractivity (Wildman–Crippen MR) is 67.9 cm³/mol. The molecule has 0 amide bonds. The number of fused-ring (bicyclic) bond motifs is 1. The van der Waals surface area contributed by atoms with Crippen molar-refractivity contribution in [1.29, 1.82) is 0 Å². The molecule has 0 saturated heterocycles. The van der Waals surface area contributed by atoms with Gasteiger partial charge >= 0.3 is 5.69 Å². The van der Waals surface area contributed by atoms with Gasteiger partial charge in [0.15, 0.2) is 4.77 Å². The summed E-state index contributed by atoms with van der Waals surface area (Å²) in [6, 6.07) is 0. The van der Waals surface area contributed by atoms with Gasteiger partial charge in [0.25, 0.3) is 5.56 Å². The van der Waals surface area contributed by atoms with Crippen LogP contribution in [0.3, 0.4) is 0 Å². The van der Waals surface area contributed by atoms with E-state index in [1.807, 2.05) is 6.92 Å². The van der Waals surface area contributed by atoms with Crippen LogP contribution in [-0.4, -0.2) is 19.1 Å². The number of H-pyrrole nitrogens is 2. The van der Waals surface area contributed by atoms with Gasteiger partial charge in [-0.1, -0.05) is 13.3 Å². The first-order valence-corrected chi connectivity index (χ1v) is 5.89. The van der Waals surface area contributed by atoms with Crippen LogP contribution in [0.1, 0.15) is 19.8 Å². The second-order valence-electron chi connectivity index (χ2n) is 3.95. The summed E-state index contributed by atoms with van der Waals surface area (Å²) in [6.07, 6.45) is 1.85. The molecule has 2 N–H and O–H groups in total. The Kier molecular flexibility index (Phi) is 3.01. The molecule has 7 heteroatoms. The number of hydrogen-bond acceptors (Lipinski definition) is 3. The molecular formula is C10H14N4O2S. The van der Waals surface area contributed by atoms with E-state index in [1.54, 1.807) is 4.57 Å². The molecule has 0 unspecified atom stereocenters. The van der Waals surface area contributed by atoms with Gasteiger partial charge in [-0.2, -0.15) is 0 Å². The fraction of sp³-hybridized carbons (Fsp3) is 0.500. The predicted octanol–water partition coefficient (Wildman–Crippen LogP) is 0.886. The first-order valence-electron chi connectivity index (χ1n) is 5.48. The summed E-state index contributed by atoms with van der Waals surface area (Å²) >= 11 is 4.96. The molecule has 0 aliphatic rings. The average molecular weight is 254 g/mol. The van der Waals surface area contributed by atoms with Gasteiger partial charge in [-0.25, -0.2) is 4.79 Å². The van der Waals surface area contributed by atoms with Crippen molar-refractivity contribution in [1.82, 2.24) is 19.1 Å². The van der Waals surface area contributed by atoms with Crippen LogP contribution in [0, 0.1) is 4.77 Å². The molecule has 17 heavy (non-hydrogen) atoms. The smallest absolute Gasteiger partial charge is 0.325 e. The lowest BCUT2D eigenvalue weighted by Crippen LogP contribution is -2.38. The first-order chi connectivity index (χ1) is 8.06. The Labute approximate surface area is 102 Å². The topological polar surface area (TPSA) is 75.6 Å². The van der Waals surface area contributed by atoms with E-state index >= 15 is 0 Å². The highest BCUT2D eigenvalue weighted by Crippen LogP contribution is 2.04. The highest BCUT2D eigenvalue weighted by atomic mass is 32.1. The number of aromatic nitrogens is 4. The van der Waals surface area contributed by atoms with Crippen molar-refractivity contribution in [2.45, 2.75) is 26.3 Å². The molecule has 0 bridgehead atoms. The minimum absolute atomic E-state index is 0.318. The second kappa shape index (κ2) is 4.33. The van der Waals surface area contributed by atoms with Crippen LogP contribution < -0.4 is 11.2 Å². The molecule has 0 spiro atoms. The van der Waals surface area contributed by atoms with Crippen LogP contribution in [0.2, 0.25) is 0 Å². The van der Waals surface area contributed by atoms with Crippen molar-refractivity contribution in [2.75, 3.05) is 0 Å². The molecule has 0 aromatic carbocycles. The molecule has 2 heterocycles. The van der Waals surface area contributed by atoms with Crippen molar-refractivity contribution in [3.05, 3.63) is 25.6 Å². The maximum absolute atomic E-state index is 12.0. The van der Waals surface area contributed by atoms with E-state index in [0.717, 1.165) is 17.4 Å². The lowest BCUT2D eigenvalue weighted by molar-refractivity contribution is 0.584. The van der Waals surface area contributed by atoms with Gasteiger partial charge in [0.05, 0.1) is 0 Å². The molecule has 2 aromatic heterocycles. The Bertz CT molecular complexity index is 718. The summed E-state index contributed by atoms with van der Waals surface area (Å²) < 4.78 is 3.00. The molecule has 92 valence electrons. The summed E-state index contributed by atoms with van der Waals surface area (Å²) in [5, 5.41) is 0. The van der Waals surface area contributed by atoms with Crippen LogP contribution in [0.5, 0.6) is 0 Å². The number of aromatic amines is 2. The Morgan fingerprint density at radius 2 is 2.00 bits per heavy atom. The third-order valence-electron chi connectivity index (χ3n) is 2.75. The Morgan fingerprint density at radius 3 is 2.65 bits per heavy atom. The van der Waals surface area contributed by atoms with Gasteiger partial charge in [0.1, 0.15) is 11.2 Å². The van der Waals surface area contributed by atoms with Crippen molar-refractivity contribution < 1.29 is 0 Å². The number of hydrogen-bond donors (Lipinski definition) is 2. The van der Waals surface area contributed by atoms with Crippen molar-refractivity contribution >= 4 is 23.4 Å². The standard InChI is InChI=1S/C10H14N4O2S/c1-3-4-5-14-7-6(11-9(17)12-7)8(15)13(2)10(14)16/h3-5H2,1-2H3,(H2,11,12,17). The Balaban J connectivity index is 2.85. The summed E-state index contributed by atoms with van der Waals surface area (Å²) in [4.78, 5) is 29.4. The number of aryl methyl sites for hydroxylation is 1. The summed E-state index contributed by atoms with van der Waals surface area (Å²) in [7, 11) is 1.47. The third-order valence-corrected chi connectivity index (χ3v) is 2.95. The van der Waals surface area contributed by atoms with Gasteiger partial charge in [-0.15, -0.1) is 0 Å². The van der Waals surface area contributed by atoms with Crippen LogP contribution in [0.15, 0.2) is 9.59 Å². The zero-order valence-electron chi connectivity index (χ0n) is 9.74. The van der Waals surface area contributed by atoms with Crippen LogP contribution in [0.25, 0.3) is 11.2 Å². The Hall–Kier alpha value is -1.63. The zero-order chi connectivity index (χ0) is 12.6. The normalized spacial score (nSPS) is 11.2. The minimum atomic E-state index is -0.356. The average Bonchev–Trinajstić information content (AvgIpc) is 2.68. The second-order valence-corrected chi connectivity index (χ2v) is 4.36. The van der Waals surface area contributed by atoms with E-state index in [-0.39, 0.29) is 11.2 Å². The summed E-state index contributed by atoms with van der Waals surface area (Å²) in [5.74, 6) is 0. The van der Waals surface area contributed by atoms with E-state index in [0.29, 0.717) is 22.5 Å². The van der Waals surface area contributed by atoms with E-state index in [1.165, 1.54) is 7.05 Å². The van der Waals surface area contributed by atoms with Crippen molar-refractivity contribution in [3.8, 4) is 0 Å². The monoisotopic (exact) mass is 254 g/mol. The van der Waals surface area contributed by atoms with Gasteiger partial charge in [0, 0.05) is 13.6 Å². The van der Waals surface area contributed by atoms with Crippen molar-refractivity contribution in [3.63, 3.8) is 0 Å². The largest absolute Gasteiger partial charge is 0.332 e. The number of rotatable bonds is 3. The number of nitrogens with one attached hydrogen (secondary N) is 2. The van der Waals surface area contributed by atoms with Crippen LogP contribution in [0.4, 0.5) is 0 Å². The molecule has 2 aromatic rings. The van der Waals surface area contributed by atoms with E-state index in [2.05, 4.69) is 9.97 Å². The minimum Gasteiger partial charge on any atom is -0.325 e. The van der Waals surface area contributed by atoms with Crippen LogP contribution in [-0.2, 0) is 13.6 Å². The maximum Gasteiger partial charge on any atom is 0.332 e. The first kappa shape index (κ1) is 11.8. The fourth-order valence-electron chi connectivity index (χ4n) is 1.79. The highest BCUT2D eigenvalue weighted by Gasteiger charge is 2.12. The molecule has 0 fully saturated rings. The number of imidazole rings is 1.